The van der Waals surface area contributed by atoms with Crippen molar-refractivity contribution in [2.45, 2.75) is 17.9 Å². The molecular formula is C16H16FN3O6S. The molecular weight excluding hydrogens is 381 g/mol. The molecule has 1 atom stereocenters. The number of anilines is 1. The van der Waals surface area contributed by atoms with E-state index in [9.17, 15) is 27.7 Å². The summed E-state index contributed by atoms with van der Waals surface area (Å²) >= 11 is 0. The van der Waals surface area contributed by atoms with Gasteiger partial charge in [0, 0.05) is 11.8 Å². The number of hydrogen-bond donors (Lipinski definition) is 2. The van der Waals surface area contributed by atoms with Gasteiger partial charge in [-0.3, -0.25) is 14.9 Å². The Labute approximate surface area is 154 Å². The fourth-order valence-corrected chi connectivity index (χ4v) is 3.29. The van der Waals surface area contributed by atoms with E-state index in [4.69, 9.17) is 4.74 Å². The largest absolute Gasteiger partial charge is 0.497 e. The lowest BCUT2D eigenvalue weighted by Gasteiger charge is -2.14. The van der Waals surface area contributed by atoms with E-state index in [1.54, 1.807) is 0 Å². The van der Waals surface area contributed by atoms with Crippen LogP contribution in [0.5, 0.6) is 5.75 Å². The van der Waals surface area contributed by atoms with Gasteiger partial charge in [0.1, 0.15) is 5.75 Å². The maximum Gasteiger partial charge on any atom is 0.306 e. The van der Waals surface area contributed by atoms with Crippen molar-refractivity contribution in [3.05, 3.63) is 58.4 Å². The highest BCUT2D eigenvalue weighted by Crippen LogP contribution is 2.22. The molecule has 2 aromatic carbocycles. The third-order valence-corrected chi connectivity index (χ3v) is 5.06. The molecule has 2 N–H and O–H groups in total. The Balaban J connectivity index is 2.10. The van der Waals surface area contributed by atoms with Gasteiger partial charge in [0.05, 0.1) is 23.0 Å². The third kappa shape index (κ3) is 4.99. The number of amides is 1. The van der Waals surface area contributed by atoms with Gasteiger partial charge in [-0.25, -0.2) is 8.42 Å². The molecule has 0 fully saturated rings. The van der Waals surface area contributed by atoms with Crippen LogP contribution in [0.1, 0.15) is 6.92 Å². The number of rotatable bonds is 7. The molecule has 0 radical (unpaired) electrons. The maximum atomic E-state index is 13.3. The minimum atomic E-state index is -3.98. The molecule has 0 spiro atoms. The van der Waals surface area contributed by atoms with Crippen LogP contribution in [0.25, 0.3) is 0 Å². The van der Waals surface area contributed by atoms with Crippen molar-refractivity contribution in [2.24, 2.45) is 0 Å². The minimum Gasteiger partial charge on any atom is -0.497 e. The second-order valence-corrected chi connectivity index (χ2v) is 7.15. The maximum absolute atomic E-state index is 13.3. The van der Waals surface area contributed by atoms with Gasteiger partial charge in [-0.05, 0) is 43.3 Å². The zero-order chi connectivity index (χ0) is 20.2. The molecule has 0 bridgehead atoms. The number of carbonyl (C=O) groups excluding carboxylic acids is 1. The van der Waals surface area contributed by atoms with Crippen LogP contribution in [0, 0.1) is 15.9 Å². The Bertz CT molecular complexity index is 963. The average Bonchev–Trinajstić information content (AvgIpc) is 2.62. The fraction of sp³-hybridized carbons (Fsp3) is 0.188. The van der Waals surface area contributed by atoms with Crippen molar-refractivity contribution in [3.63, 3.8) is 0 Å². The standard InChI is InChI=1S/C16H16FN3O6S/c1-10(19-27(24,25)13-6-4-12(26-2)5-7-13)16(21)18-11-3-8-14(17)15(9-11)20(22)23/h3-10,19H,1-2H3,(H,18,21)/t10-/m0/s1. The first-order chi connectivity index (χ1) is 12.6. The number of nitro benzene ring substituents is 1. The summed E-state index contributed by atoms with van der Waals surface area (Å²) in [6, 6.07) is 7.15. The summed E-state index contributed by atoms with van der Waals surface area (Å²) in [6.07, 6.45) is 0. The Hall–Kier alpha value is -3.05. The molecule has 0 unspecified atom stereocenters. The number of ether oxygens (including phenoxy) is 1. The number of sulfonamides is 1. The molecule has 0 aliphatic heterocycles. The molecule has 0 saturated carbocycles. The fourth-order valence-electron chi connectivity index (χ4n) is 2.09. The highest BCUT2D eigenvalue weighted by molar-refractivity contribution is 7.89. The summed E-state index contributed by atoms with van der Waals surface area (Å²) < 4.78 is 45.1. The topological polar surface area (TPSA) is 128 Å². The van der Waals surface area contributed by atoms with Crippen LogP contribution < -0.4 is 14.8 Å². The van der Waals surface area contributed by atoms with E-state index in [-0.39, 0.29) is 10.6 Å². The molecule has 11 heteroatoms. The van der Waals surface area contributed by atoms with E-state index >= 15 is 0 Å². The molecule has 0 aromatic heterocycles. The Morgan fingerprint density at radius 1 is 1.22 bits per heavy atom. The number of carbonyl (C=O) groups is 1. The first kappa shape index (κ1) is 20.3. The lowest BCUT2D eigenvalue weighted by molar-refractivity contribution is -0.387. The zero-order valence-electron chi connectivity index (χ0n) is 14.3. The van der Waals surface area contributed by atoms with Crippen molar-refractivity contribution in [3.8, 4) is 5.75 Å². The van der Waals surface area contributed by atoms with Gasteiger partial charge in [0.2, 0.25) is 21.7 Å². The monoisotopic (exact) mass is 397 g/mol. The van der Waals surface area contributed by atoms with Crippen LogP contribution in [0.2, 0.25) is 0 Å². The third-order valence-electron chi connectivity index (χ3n) is 3.51. The summed E-state index contributed by atoms with van der Waals surface area (Å²) in [6.45, 7) is 1.30. The SMILES string of the molecule is COc1ccc(S(=O)(=O)N[C@@H](C)C(=O)Nc2ccc(F)c([N+](=O)[O-])c2)cc1. The molecule has 2 aromatic rings. The quantitative estimate of drug-likeness (QED) is 0.544. The number of halogens is 1. The number of hydrogen-bond acceptors (Lipinski definition) is 6. The van der Waals surface area contributed by atoms with Gasteiger partial charge in [-0.15, -0.1) is 0 Å². The van der Waals surface area contributed by atoms with Crippen molar-refractivity contribution < 1.29 is 27.3 Å². The summed E-state index contributed by atoms with van der Waals surface area (Å²) in [5, 5.41) is 13.0. The molecule has 2 rings (SSSR count). The summed E-state index contributed by atoms with van der Waals surface area (Å²) in [5.74, 6) is -1.35. The number of methoxy groups -OCH3 is 1. The molecule has 1 amide bonds. The van der Waals surface area contributed by atoms with Crippen molar-refractivity contribution in [1.29, 1.82) is 0 Å². The predicted octanol–water partition coefficient (Wildman–Crippen LogP) is 2.05. The van der Waals surface area contributed by atoms with Crippen LogP contribution in [-0.4, -0.2) is 32.4 Å². The Morgan fingerprint density at radius 3 is 2.41 bits per heavy atom. The van der Waals surface area contributed by atoms with Crippen molar-refractivity contribution in [1.82, 2.24) is 4.72 Å². The highest BCUT2D eigenvalue weighted by Gasteiger charge is 2.23. The lowest BCUT2D eigenvalue weighted by atomic mass is 10.2. The Morgan fingerprint density at radius 2 is 1.85 bits per heavy atom. The lowest BCUT2D eigenvalue weighted by Crippen LogP contribution is -2.41. The van der Waals surface area contributed by atoms with E-state index in [0.29, 0.717) is 5.75 Å². The second kappa shape index (κ2) is 8.10. The predicted molar refractivity (Wildman–Crippen MR) is 94.5 cm³/mol. The van der Waals surface area contributed by atoms with Crippen LogP contribution in [-0.2, 0) is 14.8 Å². The molecule has 0 aliphatic rings. The molecule has 0 heterocycles. The number of benzene rings is 2. The van der Waals surface area contributed by atoms with Crippen LogP contribution in [0.15, 0.2) is 47.4 Å². The first-order valence-corrected chi connectivity index (χ1v) is 9.03. The van der Waals surface area contributed by atoms with Gasteiger partial charge in [0.25, 0.3) is 0 Å². The Kier molecular flexibility index (Phi) is 6.08. The highest BCUT2D eigenvalue weighted by atomic mass is 32.2. The van der Waals surface area contributed by atoms with E-state index in [2.05, 4.69) is 10.0 Å². The molecule has 27 heavy (non-hydrogen) atoms. The first-order valence-electron chi connectivity index (χ1n) is 7.55. The number of nitrogens with one attached hydrogen (secondary N) is 2. The number of nitrogens with zero attached hydrogens (tertiary/aromatic N) is 1. The smallest absolute Gasteiger partial charge is 0.306 e. The minimum absolute atomic E-state index is 0.0383. The van der Waals surface area contributed by atoms with Gasteiger partial charge >= 0.3 is 5.69 Å². The van der Waals surface area contributed by atoms with Gasteiger partial charge in [-0.2, -0.15) is 9.11 Å². The molecule has 0 saturated heterocycles. The second-order valence-electron chi connectivity index (χ2n) is 5.43. The van der Waals surface area contributed by atoms with E-state index in [1.807, 2.05) is 0 Å². The van der Waals surface area contributed by atoms with Crippen molar-refractivity contribution >= 4 is 27.3 Å². The van der Waals surface area contributed by atoms with Crippen molar-refractivity contribution in [2.75, 3.05) is 12.4 Å². The molecule has 0 aliphatic carbocycles. The zero-order valence-corrected chi connectivity index (χ0v) is 15.1. The van der Waals surface area contributed by atoms with E-state index in [1.165, 1.54) is 38.3 Å². The van der Waals surface area contributed by atoms with Crippen LogP contribution in [0.4, 0.5) is 15.8 Å². The summed E-state index contributed by atoms with van der Waals surface area (Å²) in [5.41, 5.74) is -0.845. The van der Waals surface area contributed by atoms with E-state index in [0.717, 1.165) is 18.2 Å². The number of nitro groups is 1. The van der Waals surface area contributed by atoms with Gasteiger partial charge in [0.15, 0.2) is 0 Å². The average molecular weight is 397 g/mol. The summed E-state index contributed by atoms with van der Waals surface area (Å²) in [7, 11) is -2.55. The summed E-state index contributed by atoms with van der Waals surface area (Å²) in [4.78, 5) is 21.9. The van der Waals surface area contributed by atoms with Gasteiger partial charge < -0.3 is 10.1 Å². The molecule has 144 valence electrons. The van der Waals surface area contributed by atoms with Gasteiger partial charge in [-0.1, -0.05) is 0 Å². The normalized spacial score (nSPS) is 12.3. The molecule has 9 nitrogen and oxygen atoms in total. The van der Waals surface area contributed by atoms with Crippen LogP contribution >= 0.6 is 0 Å². The van der Waals surface area contributed by atoms with E-state index < -0.39 is 38.4 Å². The van der Waals surface area contributed by atoms with Crippen LogP contribution in [0.3, 0.4) is 0 Å².